The van der Waals surface area contributed by atoms with E-state index < -0.39 is 0 Å². The van der Waals surface area contributed by atoms with E-state index in [1.807, 2.05) is 0 Å². The molecule has 0 unspecified atom stereocenters. The smallest absolute Gasteiger partial charge is 0.178 e. The van der Waals surface area contributed by atoms with Crippen molar-refractivity contribution in [1.82, 2.24) is 0 Å². The molecule has 0 saturated carbocycles. The number of rotatable bonds is 0. The fraction of sp³-hybridized carbons (Fsp3) is 0.0526. The van der Waals surface area contributed by atoms with E-state index in [2.05, 4.69) is 61.5 Å². The van der Waals surface area contributed by atoms with E-state index in [4.69, 9.17) is 4.74 Å². The normalized spacial score (nSPS) is 12.7. The molecule has 0 radical (unpaired) electrons. The van der Waals surface area contributed by atoms with Crippen LogP contribution in [-0.4, -0.2) is 0 Å². The molecular weight excluding hydrogens is 244 g/mol. The highest BCUT2D eigenvalue weighted by molar-refractivity contribution is 6.21. The van der Waals surface area contributed by atoms with Crippen LogP contribution in [0.3, 0.4) is 0 Å². The van der Waals surface area contributed by atoms with Gasteiger partial charge in [-0.1, -0.05) is 48.5 Å². The second kappa shape index (κ2) is 3.31. The number of hydrogen-bond acceptors (Lipinski definition) is 1. The second-order valence-electron chi connectivity index (χ2n) is 5.45. The van der Waals surface area contributed by atoms with Crippen molar-refractivity contribution >= 4 is 32.3 Å². The predicted octanol–water partition coefficient (Wildman–Crippen LogP) is 5.56. The van der Waals surface area contributed by atoms with Gasteiger partial charge in [0.05, 0.1) is 0 Å². The number of hydrogen-bond donors (Lipinski definition) is 0. The van der Waals surface area contributed by atoms with Crippen molar-refractivity contribution in [3.63, 3.8) is 0 Å². The summed E-state index contributed by atoms with van der Waals surface area (Å²) in [6.45, 7) is 2.20. The molecule has 5 rings (SSSR count). The second-order valence-corrected chi connectivity index (χ2v) is 5.45. The molecule has 1 aliphatic heterocycles. The highest BCUT2D eigenvalue weighted by Crippen LogP contribution is 2.57. The van der Waals surface area contributed by atoms with Crippen molar-refractivity contribution in [2.75, 3.05) is 0 Å². The molecule has 4 aromatic carbocycles. The van der Waals surface area contributed by atoms with Gasteiger partial charge in [0.1, 0.15) is 0 Å². The van der Waals surface area contributed by atoms with Gasteiger partial charge in [0.2, 0.25) is 0 Å². The fourth-order valence-electron chi connectivity index (χ4n) is 3.37. The van der Waals surface area contributed by atoms with Crippen molar-refractivity contribution in [3.05, 3.63) is 60.2 Å². The van der Waals surface area contributed by atoms with Gasteiger partial charge in [0.25, 0.3) is 0 Å². The van der Waals surface area contributed by atoms with Crippen LogP contribution in [0.4, 0.5) is 0 Å². The maximum atomic E-state index is 5.79. The van der Waals surface area contributed by atoms with E-state index in [9.17, 15) is 0 Å². The lowest BCUT2D eigenvalue weighted by atomic mass is 9.94. The van der Waals surface area contributed by atoms with E-state index in [0.29, 0.717) is 0 Å². The van der Waals surface area contributed by atoms with Crippen molar-refractivity contribution in [1.29, 1.82) is 0 Å². The summed E-state index contributed by atoms with van der Waals surface area (Å²) in [5, 5.41) is 7.69. The lowest BCUT2D eigenvalue weighted by molar-refractivity contribution is 0.657. The Morgan fingerprint density at radius 1 is 0.700 bits per heavy atom. The zero-order valence-electron chi connectivity index (χ0n) is 11.1. The van der Waals surface area contributed by atoms with Crippen LogP contribution in [0.2, 0.25) is 0 Å². The number of fused-ring (bicyclic) bond motifs is 7. The summed E-state index contributed by atoms with van der Waals surface area (Å²) < 4.78 is 5.79. The molecule has 0 amide bonds. The van der Waals surface area contributed by atoms with E-state index in [1.54, 1.807) is 0 Å². The molecule has 0 bridgehead atoms. The Kier molecular flexibility index (Phi) is 1.70. The largest absolute Gasteiger partial charge is 0.448 e. The standard InChI is InChI=1S/C19H12O/c1-11-13-7-3-2-6-12(13)10-16-14-8-4-5-9-15(14)18-19(20-18)17(11)16/h2-10H,1H3. The molecule has 4 aromatic rings. The lowest BCUT2D eigenvalue weighted by Gasteiger charge is -2.08. The van der Waals surface area contributed by atoms with Gasteiger partial charge in [-0.3, -0.25) is 0 Å². The Bertz CT molecular complexity index is 1030. The number of ether oxygens (including phenoxy) is 1. The Labute approximate surface area is 116 Å². The first-order chi connectivity index (χ1) is 9.84. The van der Waals surface area contributed by atoms with Crippen LogP contribution in [-0.2, 0) is 0 Å². The minimum Gasteiger partial charge on any atom is -0.448 e. The fourth-order valence-corrected chi connectivity index (χ4v) is 3.37. The number of benzene rings is 4. The molecular formula is C19H12O. The SMILES string of the molecule is Cc1c2ccccc2cc2c1c1c(c3ccccc32)O1. The quantitative estimate of drug-likeness (QED) is 0.201. The van der Waals surface area contributed by atoms with Crippen molar-refractivity contribution in [2.24, 2.45) is 0 Å². The summed E-state index contributed by atoms with van der Waals surface area (Å²) in [6, 6.07) is 19.4. The van der Waals surface area contributed by atoms with Crippen LogP contribution in [0.5, 0.6) is 11.5 Å². The third-order valence-corrected chi connectivity index (χ3v) is 4.37. The van der Waals surface area contributed by atoms with Gasteiger partial charge >= 0.3 is 0 Å². The van der Waals surface area contributed by atoms with Crippen LogP contribution in [0.25, 0.3) is 32.3 Å². The highest BCUT2D eigenvalue weighted by atomic mass is 16.6. The average Bonchev–Trinajstić information content (AvgIpc) is 3.28. The van der Waals surface area contributed by atoms with Crippen LogP contribution in [0, 0.1) is 6.92 Å². The summed E-state index contributed by atoms with van der Waals surface area (Å²) in [5.74, 6) is 2.13. The summed E-state index contributed by atoms with van der Waals surface area (Å²) >= 11 is 0. The zero-order valence-corrected chi connectivity index (χ0v) is 11.1. The van der Waals surface area contributed by atoms with Gasteiger partial charge in [-0.05, 0) is 40.1 Å². The van der Waals surface area contributed by atoms with Crippen LogP contribution < -0.4 is 4.74 Å². The minimum atomic E-state index is 1.06. The van der Waals surface area contributed by atoms with Gasteiger partial charge in [-0.25, -0.2) is 0 Å². The molecule has 1 aliphatic rings. The van der Waals surface area contributed by atoms with Gasteiger partial charge < -0.3 is 4.74 Å². The molecule has 94 valence electrons. The summed E-state index contributed by atoms with van der Waals surface area (Å²) in [6.07, 6.45) is 0. The summed E-state index contributed by atoms with van der Waals surface area (Å²) in [7, 11) is 0. The summed E-state index contributed by atoms with van der Waals surface area (Å²) in [4.78, 5) is 0. The molecule has 1 heterocycles. The van der Waals surface area contributed by atoms with Crippen molar-refractivity contribution < 1.29 is 4.74 Å². The van der Waals surface area contributed by atoms with Crippen LogP contribution in [0.15, 0.2) is 54.6 Å². The van der Waals surface area contributed by atoms with E-state index in [-0.39, 0.29) is 0 Å². The van der Waals surface area contributed by atoms with E-state index >= 15 is 0 Å². The molecule has 0 aliphatic carbocycles. The van der Waals surface area contributed by atoms with E-state index in [1.165, 1.54) is 37.9 Å². The van der Waals surface area contributed by atoms with Gasteiger partial charge in [-0.2, -0.15) is 0 Å². The first-order valence-corrected chi connectivity index (χ1v) is 6.89. The van der Waals surface area contributed by atoms with Gasteiger partial charge in [-0.15, -0.1) is 0 Å². The maximum absolute atomic E-state index is 5.79. The molecule has 1 heteroatoms. The Hall–Kier alpha value is -2.54. The van der Waals surface area contributed by atoms with Crippen molar-refractivity contribution in [3.8, 4) is 11.5 Å². The Balaban J connectivity index is 2.14. The first-order valence-electron chi connectivity index (χ1n) is 6.89. The number of aryl methyl sites for hydroxylation is 1. The third kappa shape index (κ3) is 1.13. The topological polar surface area (TPSA) is 12.5 Å². The highest BCUT2D eigenvalue weighted by Gasteiger charge is 2.29. The Morgan fingerprint density at radius 3 is 2.25 bits per heavy atom. The van der Waals surface area contributed by atoms with Crippen LogP contribution >= 0.6 is 0 Å². The molecule has 0 fully saturated rings. The van der Waals surface area contributed by atoms with Crippen molar-refractivity contribution in [2.45, 2.75) is 6.92 Å². The Morgan fingerprint density at radius 2 is 1.40 bits per heavy atom. The molecule has 0 saturated heterocycles. The maximum Gasteiger partial charge on any atom is 0.178 e. The summed E-state index contributed by atoms with van der Waals surface area (Å²) in [5.41, 5.74) is 1.32. The molecule has 0 N–H and O–H groups in total. The molecule has 20 heavy (non-hydrogen) atoms. The van der Waals surface area contributed by atoms with E-state index in [0.717, 1.165) is 11.5 Å². The van der Waals surface area contributed by atoms with Gasteiger partial charge in [0, 0.05) is 10.8 Å². The molecule has 0 aromatic heterocycles. The average molecular weight is 256 g/mol. The molecule has 0 atom stereocenters. The first kappa shape index (κ1) is 10.3. The third-order valence-electron chi connectivity index (χ3n) is 4.37. The minimum absolute atomic E-state index is 1.06. The molecule has 0 spiro atoms. The monoisotopic (exact) mass is 256 g/mol. The van der Waals surface area contributed by atoms with Gasteiger partial charge in [0.15, 0.2) is 11.5 Å². The zero-order chi connectivity index (χ0) is 13.3. The lowest BCUT2D eigenvalue weighted by Crippen LogP contribution is -1.82. The predicted molar refractivity (Wildman–Crippen MR) is 83.8 cm³/mol. The molecule has 1 nitrogen and oxygen atoms in total. The van der Waals surface area contributed by atoms with Crippen LogP contribution in [0.1, 0.15) is 5.56 Å².